The summed E-state index contributed by atoms with van der Waals surface area (Å²) in [5, 5.41) is 12.6. The molecule has 0 spiro atoms. The molecule has 2 heterocycles. The molecule has 1 unspecified atom stereocenters. The summed E-state index contributed by atoms with van der Waals surface area (Å²) >= 11 is 0. The lowest BCUT2D eigenvalue weighted by Gasteiger charge is -2.15. The summed E-state index contributed by atoms with van der Waals surface area (Å²) in [5.41, 5.74) is 8.02. The number of nitrogens with two attached hydrogens (primary N) is 1. The van der Waals surface area contributed by atoms with E-state index in [0.717, 1.165) is 16.3 Å². The van der Waals surface area contributed by atoms with Crippen LogP contribution in [0.5, 0.6) is 0 Å². The van der Waals surface area contributed by atoms with Gasteiger partial charge >= 0.3 is 0 Å². The zero-order chi connectivity index (χ0) is 14.1. The van der Waals surface area contributed by atoms with E-state index in [1.807, 2.05) is 43.3 Å². The first-order valence-electron chi connectivity index (χ1n) is 6.40. The van der Waals surface area contributed by atoms with Crippen molar-refractivity contribution in [2.24, 2.45) is 0 Å². The number of fused-ring (bicyclic) bond motifs is 1. The van der Waals surface area contributed by atoms with Gasteiger partial charge in [0, 0.05) is 23.3 Å². The van der Waals surface area contributed by atoms with E-state index in [0.29, 0.717) is 17.1 Å². The fraction of sp³-hybridized carbons (Fsp3) is 0.125. The number of anilines is 1. The molecular weight excluding hydrogens is 250 g/mol. The monoisotopic (exact) mass is 265 g/mol. The molecule has 20 heavy (non-hydrogen) atoms. The Kier molecular flexibility index (Phi) is 3.08. The average Bonchev–Trinajstić information content (AvgIpc) is 2.48. The van der Waals surface area contributed by atoms with Gasteiger partial charge in [-0.25, -0.2) is 4.98 Å². The third-order valence-corrected chi connectivity index (χ3v) is 3.34. The third-order valence-electron chi connectivity index (χ3n) is 3.34. The highest BCUT2D eigenvalue weighted by Crippen LogP contribution is 2.29. The number of hydrogen-bond acceptors (Lipinski definition) is 4. The molecule has 0 bridgehead atoms. The normalized spacial score (nSPS) is 12.5. The molecule has 3 rings (SSSR count). The van der Waals surface area contributed by atoms with Crippen LogP contribution in [0.25, 0.3) is 10.8 Å². The van der Waals surface area contributed by atoms with Gasteiger partial charge < -0.3 is 10.8 Å². The highest BCUT2D eigenvalue weighted by Gasteiger charge is 2.18. The zero-order valence-corrected chi connectivity index (χ0v) is 11.1. The first-order valence-corrected chi connectivity index (χ1v) is 6.40. The van der Waals surface area contributed by atoms with Gasteiger partial charge in [0.15, 0.2) is 0 Å². The molecule has 4 nitrogen and oxygen atoms in total. The molecular formula is C16H15N3O. The van der Waals surface area contributed by atoms with Crippen LogP contribution < -0.4 is 5.73 Å². The summed E-state index contributed by atoms with van der Waals surface area (Å²) in [6.45, 7) is 1.92. The largest absolute Gasteiger partial charge is 0.383 e. The van der Waals surface area contributed by atoms with Gasteiger partial charge in [-0.3, -0.25) is 4.98 Å². The molecule has 1 aromatic carbocycles. The van der Waals surface area contributed by atoms with Gasteiger partial charge in [-0.1, -0.05) is 24.3 Å². The SMILES string of the molecule is Cc1cnc(N)c(C(O)c2nccc3ccccc23)c1. The van der Waals surface area contributed by atoms with Gasteiger partial charge in [0.05, 0.1) is 5.69 Å². The predicted molar refractivity (Wildman–Crippen MR) is 79.2 cm³/mol. The number of aliphatic hydroxyl groups is 1. The number of hydrogen-bond donors (Lipinski definition) is 2. The van der Waals surface area contributed by atoms with Crippen molar-refractivity contribution in [1.29, 1.82) is 0 Å². The Hall–Kier alpha value is -2.46. The number of nitrogens with zero attached hydrogens (tertiary/aromatic N) is 2. The van der Waals surface area contributed by atoms with Crippen molar-refractivity contribution in [2.45, 2.75) is 13.0 Å². The molecule has 3 N–H and O–H groups in total. The summed E-state index contributed by atoms with van der Waals surface area (Å²) in [7, 11) is 0. The standard InChI is InChI=1S/C16H15N3O/c1-10-8-13(16(17)19-9-10)15(20)14-12-5-3-2-4-11(12)6-7-18-14/h2-9,15,20H,1H3,(H2,17,19). The van der Waals surface area contributed by atoms with E-state index in [9.17, 15) is 5.11 Å². The van der Waals surface area contributed by atoms with Crippen LogP contribution in [0.1, 0.15) is 22.9 Å². The first-order chi connectivity index (χ1) is 9.66. The van der Waals surface area contributed by atoms with Gasteiger partial charge in [-0.15, -0.1) is 0 Å². The maximum absolute atomic E-state index is 10.6. The first kappa shape index (κ1) is 12.6. The Morgan fingerprint density at radius 2 is 1.95 bits per heavy atom. The van der Waals surface area contributed by atoms with Crippen molar-refractivity contribution >= 4 is 16.6 Å². The third kappa shape index (κ3) is 2.10. The summed E-state index contributed by atoms with van der Waals surface area (Å²) in [4.78, 5) is 8.42. The smallest absolute Gasteiger partial charge is 0.129 e. The molecule has 0 radical (unpaired) electrons. The second-order valence-electron chi connectivity index (χ2n) is 4.81. The molecule has 0 aliphatic rings. The van der Waals surface area contributed by atoms with Gasteiger partial charge in [0.2, 0.25) is 0 Å². The van der Waals surface area contributed by atoms with Crippen LogP contribution in [0.2, 0.25) is 0 Å². The number of benzene rings is 1. The van der Waals surface area contributed by atoms with Crippen LogP contribution in [0.4, 0.5) is 5.82 Å². The lowest BCUT2D eigenvalue weighted by atomic mass is 10.0. The van der Waals surface area contributed by atoms with Crippen molar-refractivity contribution < 1.29 is 5.11 Å². The molecule has 0 aliphatic carbocycles. The lowest BCUT2D eigenvalue weighted by Crippen LogP contribution is -2.08. The van der Waals surface area contributed by atoms with Crippen LogP contribution in [-0.4, -0.2) is 15.1 Å². The molecule has 0 aliphatic heterocycles. The van der Waals surface area contributed by atoms with Crippen LogP contribution in [0.15, 0.2) is 48.8 Å². The highest BCUT2D eigenvalue weighted by atomic mass is 16.3. The summed E-state index contributed by atoms with van der Waals surface area (Å²) < 4.78 is 0. The minimum Gasteiger partial charge on any atom is -0.383 e. The van der Waals surface area contributed by atoms with E-state index in [1.165, 1.54) is 0 Å². The lowest BCUT2D eigenvalue weighted by molar-refractivity contribution is 0.217. The number of aryl methyl sites for hydroxylation is 1. The predicted octanol–water partition coefficient (Wildman–Crippen LogP) is 2.60. The van der Waals surface area contributed by atoms with Gasteiger partial charge in [0.25, 0.3) is 0 Å². The van der Waals surface area contributed by atoms with Crippen LogP contribution in [0, 0.1) is 6.92 Å². The van der Waals surface area contributed by atoms with E-state index in [2.05, 4.69) is 9.97 Å². The quantitative estimate of drug-likeness (QED) is 0.747. The molecule has 2 aromatic heterocycles. The molecule has 0 saturated carbocycles. The van der Waals surface area contributed by atoms with E-state index in [-0.39, 0.29) is 0 Å². The topological polar surface area (TPSA) is 72.0 Å². The molecule has 1 atom stereocenters. The van der Waals surface area contributed by atoms with E-state index in [4.69, 9.17) is 5.73 Å². The van der Waals surface area contributed by atoms with E-state index in [1.54, 1.807) is 12.4 Å². The van der Waals surface area contributed by atoms with Crippen LogP contribution >= 0.6 is 0 Å². The number of aliphatic hydroxyl groups excluding tert-OH is 1. The molecule has 0 amide bonds. The van der Waals surface area contributed by atoms with E-state index < -0.39 is 6.10 Å². The number of rotatable bonds is 2. The summed E-state index contributed by atoms with van der Waals surface area (Å²) in [6, 6.07) is 11.6. The van der Waals surface area contributed by atoms with Crippen molar-refractivity contribution in [3.63, 3.8) is 0 Å². The second kappa shape index (κ2) is 4.90. The van der Waals surface area contributed by atoms with Crippen molar-refractivity contribution in [3.05, 3.63) is 65.6 Å². The summed E-state index contributed by atoms with van der Waals surface area (Å²) in [6.07, 6.45) is 2.50. The molecule has 100 valence electrons. The Morgan fingerprint density at radius 1 is 1.15 bits per heavy atom. The fourth-order valence-electron chi connectivity index (χ4n) is 2.33. The number of pyridine rings is 2. The van der Waals surface area contributed by atoms with Crippen molar-refractivity contribution in [3.8, 4) is 0 Å². The fourth-order valence-corrected chi connectivity index (χ4v) is 2.33. The maximum atomic E-state index is 10.6. The van der Waals surface area contributed by atoms with Crippen molar-refractivity contribution in [1.82, 2.24) is 9.97 Å². The van der Waals surface area contributed by atoms with E-state index >= 15 is 0 Å². The Balaban J connectivity index is 2.17. The zero-order valence-electron chi connectivity index (χ0n) is 11.1. The molecule has 0 fully saturated rings. The number of nitrogen functional groups attached to an aromatic ring is 1. The van der Waals surface area contributed by atoms with Gasteiger partial charge in [0.1, 0.15) is 11.9 Å². The van der Waals surface area contributed by atoms with Crippen molar-refractivity contribution in [2.75, 3.05) is 5.73 Å². The maximum Gasteiger partial charge on any atom is 0.129 e. The van der Waals surface area contributed by atoms with Crippen LogP contribution in [0.3, 0.4) is 0 Å². The average molecular weight is 265 g/mol. The minimum absolute atomic E-state index is 0.331. The Morgan fingerprint density at radius 3 is 2.80 bits per heavy atom. The minimum atomic E-state index is -0.881. The highest BCUT2D eigenvalue weighted by molar-refractivity contribution is 5.85. The molecule has 4 heteroatoms. The molecule has 0 saturated heterocycles. The summed E-state index contributed by atoms with van der Waals surface area (Å²) in [5.74, 6) is 0.331. The Labute approximate surface area is 116 Å². The Bertz CT molecular complexity index is 765. The van der Waals surface area contributed by atoms with Gasteiger partial charge in [-0.05, 0) is 30.0 Å². The van der Waals surface area contributed by atoms with Crippen LogP contribution in [-0.2, 0) is 0 Å². The second-order valence-corrected chi connectivity index (χ2v) is 4.81. The number of aromatic nitrogens is 2. The van der Waals surface area contributed by atoms with Gasteiger partial charge in [-0.2, -0.15) is 0 Å². The molecule has 3 aromatic rings.